The molecule has 174 valence electrons. The summed E-state index contributed by atoms with van der Waals surface area (Å²) in [7, 11) is 0. The lowest BCUT2D eigenvalue weighted by Gasteiger charge is -2.43. The number of fused-ring (bicyclic) bond motifs is 1. The van der Waals surface area contributed by atoms with Gasteiger partial charge in [-0.25, -0.2) is 15.2 Å². The molecule has 3 heterocycles. The maximum Gasteiger partial charge on any atom is 0.327 e. The first kappa shape index (κ1) is 23.1. The van der Waals surface area contributed by atoms with E-state index in [1.165, 1.54) is 22.9 Å². The van der Waals surface area contributed by atoms with Gasteiger partial charge in [0.25, 0.3) is 5.91 Å². The second-order valence-electron chi connectivity index (χ2n) is 8.25. The molecule has 0 bridgehead atoms. The number of hydrogen-bond acceptors (Lipinski definition) is 8. The number of carboxylic acid groups (broad SMARTS) is 1. The molecule has 3 aliphatic rings. The van der Waals surface area contributed by atoms with Crippen LogP contribution < -0.4 is 16.1 Å². The number of amides is 3. The number of nitrogens with one attached hydrogen (secondary N) is 3. The molecule has 2 fully saturated rings. The number of rotatable bonds is 6. The third-order valence-electron chi connectivity index (χ3n) is 5.45. The van der Waals surface area contributed by atoms with E-state index >= 15 is 0 Å². The summed E-state index contributed by atoms with van der Waals surface area (Å²) in [6.45, 7) is 3.50. The lowest BCUT2D eigenvalue weighted by atomic mass is 9.96. The van der Waals surface area contributed by atoms with Crippen molar-refractivity contribution in [1.29, 1.82) is 0 Å². The van der Waals surface area contributed by atoms with Crippen LogP contribution in [0.1, 0.15) is 25.8 Å². The first-order chi connectivity index (χ1) is 15.6. The van der Waals surface area contributed by atoms with E-state index in [1.54, 1.807) is 38.1 Å². The highest BCUT2D eigenvalue weighted by Gasteiger charge is 2.64. The zero-order valence-corrected chi connectivity index (χ0v) is 19.2. The molecule has 1 aromatic carbocycles. The van der Waals surface area contributed by atoms with E-state index in [-0.39, 0.29) is 12.4 Å². The van der Waals surface area contributed by atoms with Crippen LogP contribution in [0.15, 0.2) is 34.4 Å². The van der Waals surface area contributed by atoms with Crippen molar-refractivity contribution in [2.45, 2.75) is 48.5 Å². The molecule has 0 aromatic heterocycles. The molecule has 0 saturated carbocycles. The third kappa shape index (κ3) is 4.53. The van der Waals surface area contributed by atoms with Crippen LogP contribution in [0.2, 0.25) is 5.02 Å². The summed E-state index contributed by atoms with van der Waals surface area (Å²) in [4.78, 5) is 54.1. The van der Waals surface area contributed by atoms with Crippen LogP contribution in [0, 0.1) is 0 Å². The molecule has 4 rings (SSSR count). The molecular weight excluding hydrogens is 472 g/mol. The Bertz CT molecular complexity index is 1080. The summed E-state index contributed by atoms with van der Waals surface area (Å²) in [5, 5.41) is 18.7. The van der Waals surface area contributed by atoms with Crippen molar-refractivity contribution in [3.8, 4) is 0 Å². The van der Waals surface area contributed by atoms with Crippen molar-refractivity contribution < 1.29 is 24.3 Å². The van der Waals surface area contributed by atoms with Crippen molar-refractivity contribution in [2.24, 2.45) is 10.1 Å². The Morgan fingerprint density at radius 2 is 2.03 bits per heavy atom. The van der Waals surface area contributed by atoms with E-state index in [0.717, 1.165) is 5.56 Å². The standard InChI is InChI=1S/C20H21ClN6O5S/c1-20(2)14(18(31)32)27-16(30)13(17(27)33-20)24-12(28)7-11-15(29)25-19(23-11)26-22-8-9-3-5-10(21)6-4-9/h3-6,8,11,13-14,17H,7H2,1-2H3,(H,24,28)(H,31,32)(H2,23,25,26,29)/b22-8+. The van der Waals surface area contributed by atoms with Gasteiger partial charge in [0.2, 0.25) is 17.8 Å². The second kappa shape index (κ2) is 8.67. The number of thioether (sulfide) groups is 1. The van der Waals surface area contributed by atoms with Gasteiger partial charge in [-0.3, -0.25) is 19.7 Å². The minimum Gasteiger partial charge on any atom is -0.480 e. The van der Waals surface area contributed by atoms with Crippen LogP contribution >= 0.6 is 23.4 Å². The number of carbonyl (C=O) groups excluding carboxylic acids is 3. The number of guanidine groups is 1. The van der Waals surface area contributed by atoms with Crippen LogP contribution in [0.25, 0.3) is 0 Å². The van der Waals surface area contributed by atoms with Gasteiger partial charge in [0.05, 0.1) is 12.6 Å². The molecule has 2 saturated heterocycles. The third-order valence-corrected chi connectivity index (χ3v) is 7.28. The summed E-state index contributed by atoms with van der Waals surface area (Å²) in [6, 6.07) is 4.20. The summed E-state index contributed by atoms with van der Waals surface area (Å²) < 4.78 is -0.686. The van der Waals surface area contributed by atoms with Gasteiger partial charge in [0.1, 0.15) is 23.5 Å². The number of carboxylic acids is 1. The average molecular weight is 493 g/mol. The Morgan fingerprint density at radius 3 is 2.70 bits per heavy atom. The topological polar surface area (TPSA) is 153 Å². The van der Waals surface area contributed by atoms with Crippen molar-refractivity contribution in [2.75, 3.05) is 0 Å². The number of aliphatic imine (C=N–C) groups is 1. The fraction of sp³-hybridized carbons (Fsp3) is 0.400. The number of hydrogen-bond donors (Lipinski definition) is 4. The number of β-lactam (4-membered cyclic amide) rings is 1. The van der Waals surface area contributed by atoms with Crippen LogP contribution in [0.5, 0.6) is 0 Å². The number of carbonyl (C=O) groups is 4. The minimum atomic E-state index is -1.08. The highest BCUT2D eigenvalue weighted by Crippen LogP contribution is 2.50. The highest BCUT2D eigenvalue weighted by molar-refractivity contribution is 8.01. The molecule has 0 aliphatic carbocycles. The lowest BCUT2D eigenvalue weighted by molar-refractivity contribution is -0.161. The van der Waals surface area contributed by atoms with E-state index in [0.29, 0.717) is 5.02 Å². The van der Waals surface area contributed by atoms with Gasteiger partial charge in [-0.05, 0) is 31.5 Å². The van der Waals surface area contributed by atoms with Crippen molar-refractivity contribution in [1.82, 2.24) is 21.0 Å². The maximum atomic E-state index is 12.5. The quantitative estimate of drug-likeness (QED) is 0.250. The first-order valence-electron chi connectivity index (χ1n) is 10.0. The Kier molecular flexibility index (Phi) is 6.06. The average Bonchev–Trinajstić information content (AvgIpc) is 3.21. The Labute approximate surface area is 198 Å². The molecule has 11 nitrogen and oxygen atoms in total. The van der Waals surface area contributed by atoms with E-state index < -0.39 is 51.9 Å². The molecule has 4 unspecified atom stereocenters. The van der Waals surface area contributed by atoms with E-state index in [1.807, 2.05) is 0 Å². The van der Waals surface area contributed by atoms with Crippen LogP contribution in [0.4, 0.5) is 0 Å². The second-order valence-corrected chi connectivity index (χ2v) is 10.5. The highest BCUT2D eigenvalue weighted by atomic mass is 35.5. The van der Waals surface area contributed by atoms with Crippen molar-refractivity contribution in [3.05, 3.63) is 34.9 Å². The zero-order valence-electron chi connectivity index (χ0n) is 17.6. The fourth-order valence-electron chi connectivity index (χ4n) is 3.91. The van der Waals surface area contributed by atoms with Gasteiger partial charge >= 0.3 is 5.97 Å². The van der Waals surface area contributed by atoms with E-state index in [4.69, 9.17) is 11.6 Å². The largest absolute Gasteiger partial charge is 0.480 e. The monoisotopic (exact) mass is 492 g/mol. The first-order valence-corrected chi connectivity index (χ1v) is 11.3. The number of aliphatic carboxylic acids is 1. The predicted molar refractivity (Wildman–Crippen MR) is 122 cm³/mol. The SMILES string of the molecule is CC1(C)SC2C(NC(=O)CC3N=C(N/N=C/c4ccc(Cl)cc4)NC3=O)C(=O)N2C1C(=O)O. The predicted octanol–water partition coefficient (Wildman–Crippen LogP) is 0.140. The molecule has 4 atom stereocenters. The molecule has 0 radical (unpaired) electrons. The number of halogens is 1. The van der Waals surface area contributed by atoms with Gasteiger partial charge in [0.15, 0.2) is 0 Å². The molecule has 3 aliphatic heterocycles. The van der Waals surface area contributed by atoms with Crippen LogP contribution in [0.3, 0.4) is 0 Å². The molecular formula is C20H21ClN6O5S. The Morgan fingerprint density at radius 1 is 1.33 bits per heavy atom. The molecule has 13 heteroatoms. The minimum absolute atomic E-state index is 0.103. The maximum absolute atomic E-state index is 12.5. The van der Waals surface area contributed by atoms with Crippen LogP contribution in [-0.2, 0) is 19.2 Å². The zero-order chi connectivity index (χ0) is 23.9. The molecule has 33 heavy (non-hydrogen) atoms. The van der Waals surface area contributed by atoms with Crippen LogP contribution in [-0.4, -0.2) is 74.1 Å². The summed E-state index contributed by atoms with van der Waals surface area (Å²) in [5.41, 5.74) is 3.39. The Hall–Kier alpha value is -3.12. The van der Waals surface area contributed by atoms with Gasteiger partial charge in [0, 0.05) is 9.77 Å². The van der Waals surface area contributed by atoms with E-state index in [2.05, 4.69) is 26.2 Å². The van der Waals surface area contributed by atoms with Crippen molar-refractivity contribution in [3.63, 3.8) is 0 Å². The fourth-order valence-corrected chi connectivity index (χ4v) is 5.66. The summed E-state index contributed by atoms with van der Waals surface area (Å²) >= 11 is 7.16. The summed E-state index contributed by atoms with van der Waals surface area (Å²) in [6.07, 6.45) is 1.26. The lowest BCUT2D eigenvalue weighted by Crippen LogP contribution is -2.70. The molecule has 4 N–H and O–H groups in total. The smallest absolute Gasteiger partial charge is 0.327 e. The van der Waals surface area contributed by atoms with E-state index in [9.17, 15) is 24.3 Å². The van der Waals surface area contributed by atoms with Gasteiger partial charge in [-0.15, -0.1) is 11.8 Å². The van der Waals surface area contributed by atoms with Crippen molar-refractivity contribution >= 4 is 59.2 Å². The molecule has 3 amide bonds. The van der Waals surface area contributed by atoms with Gasteiger partial charge in [-0.1, -0.05) is 23.7 Å². The normalized spacial score (nSPS) is 27.6. The number of nitrogens with zero attached hydrogens (tertiary/aromatic N) is 3. The summed E-state index contributed by atoms with van der Waals surface area (Å²) in [5.74, 6) is -2.43. The molecule has 0 spiro atoms. The number of hydrazone groups is 1. The Balaban J connectivity index is 1.31. The van der Waals surface area contributed by atoms with Gasteiger partial charge in [-0.2, -0.15) is 5.10 Å². The molecule has 1 aromatic rings. The number of benzene rings is 1. The van der Waals surface area contributed by atoms with Gasteiger partial charge < -0.3 is 15.3 Å².